The van der Waals surface area contributed by atoms with Gasteiger partial charge in [-0.15, -0.1) is 0 Å². The number of carbonyl (C=O) groups is 1. The summed E-state index contributed by atoms with van der Waals surface area (Å²) in [5.41, 5.74) is 2.25. The van der Waals surface area contributed by atoms with Crippen molar-refractivity contribution in [2.45, 2.75) is 40.5 Å². The van der Waals surface area contributed by atoms with Crippen LogP contribution in [0.15, 0.2) is 28.3 Å². The van der Waals surface area contributed by atoms with Gasteiger partial charge in [0, 0.05) is 50.1 Å². The Morgan fingerprint density at radius 1 is 1.19 bits per heavy atom. The number of rotatable bonds is 4. The van der Waals surface area contributed by atoms with E-state index >= 15 is 0 Å². The molecule has 3 heterocycles. The van der Waals surface area contributed by atoms with Gasteiger partial charge in [0.25, 0.3) is 0 Å². The number of aliphatic imine (C=N–C) groups is 2. The molecule has 0 aliphatic carbocycles. The number of carbonyl (C=O) groups excluding carboxylic acids is 1. The molecular formula is C20H29N5O. The van der Waals surface area contributed by atoms with Crippen LogP contribution in [0.3, 0.4) is 0 Å². The summed E-state index contributed by atoms with van der Waals surface area (Å²) < 4.78 is 0. The zero-order valence-corrected chi connectivity index (χ0v) is 16.3. The van der Waals surface area contributed by atoms with Crippen molar-refractivity contribution in [1.82, 2.24) is 9.88 Å². The molecule has 0 aromatic carbocycles. The minimum absolute atomic E-state index is 0.200. The predicted octanol–water partition coefficient (Wildman–Crippen LogP) is 2.78. The fourth-order valence-electron chi connectivity index (χ4n) is 3.15. The van der Waals surface area contributed by atoms with E-state index in [4.69, 9.17) is 0 Å². The quantitative estimate of drug-likeness (QED) is 0.834. The molecule has 1 aromatic heterocycles. The number of nitrogens with zero attached hydrogens (tertiary/aromatic N) is 5. The van der Waals surface area contributed by atoms with Crippen molar-refractivity contribution in [3.63, 3.8) is 0 Å². The van der Waals surface area contributed by atoms with Crippen LogP contribution in [0, 0.1) is 5.41 Å². The van der Waals surface area contributed by atoms with Gasteiger partial charge < -0.3 is 9.80 Å². The fourth-order valence-corrected chi connectivity index (χ4v) is 3.15. The molecule has 1 aromatic rings. The summed E-state index contributed by atoms with van der Waals surface area (Å²) in [6.45, 7) is 12.3. The summed E-state index contributed by atoms with van der Waals surface area (Å²) in [5, 5.41) is 0. The Balaban J connectivity index is 1.58. The maximum Gasteiger partial charge on any atom is 0.222 e. The Kier molecular flexibility index (Phi) is 5.39. The SMILES string of the molecule is CC1=NC(c2ccnc(N3CCN(C(=O)CCC(C)(C)C)CC3)c2)=NC1. The third kappa shape index (κ3) is 4.68. The number of hydrogen-bond acceptors (Lipinski definition) is 5. The van der Waals surface area contributed by atoms with Gasteiger partial charge in [0.1, 0.15) is 5.82 Å². The first-order chi connectivity index (χ1) is 12.3. The standard InChI is InChI=1S/C20H29N5O/c1-15-14-22-19(23-15)16-6-8-21-17(13-16)24-9-11-25(12-10-24)18(26)5-7-20(2,3)4/h6,8,13H,5,7,9-12,14H2,1-4H3. The van der Waals surface area contributed by atoms with Gasteiger partial charge >= 0.3 is 0 Å². The topological polar surface area (TPSA) is 61.2 Å². The van der Waals surface area contributed by atoms with Gasteiger partial charge in [-0.1, -0.05) is 20.8 Å². The maximum absolute atomic E-state index is 12.4. The number of hydrogen-bond donors (Lipinski definition) is 0. The Labute approximate surface area is 156 Å². The minimum Gasteiger partial charge on any atom is -0.353 e. The van der Waals surface area contributed by atoms with Crippen LogP contribution in [-0.2, 0) is 4.79 Å². The number of amidine groups is 1. The van der Waals surface area contributed by atoms with E-state index in [0.29, 0.717) is 13.0 Å². The molecule has 1 amide bonds. The smallest absolute Gasteiger partial charge is 0.222 e. The van der Waals surface area contributed by atoms with Crippen molar-refractivity contribution in [3.8, 4) is 0 Å². The molecule has 0 radical (unpaired) electrons. The molecule has 0 N–H and O–H groups in total. The van der Waals surface area contributed by atoms with Gasteiger partial charge in [-0.3, -0.25) is 9.79 Å². The lowest BCUT2D eigenvalue weighted by atomic mass is 9.90. The largest absolute Gasteiger partial charge is 0.353 e. The highest BCUT2D eigenvalue weighted by Gasteiger charge is 2.23. The van der Waals surface area contributed by atoms with E-state index < -0.39 is 0 Å². The van der Waals surface area contributed by atoms with E-state index in [1.165, 1.54) is 0 Å². The molecule has 0 spiro atoms. The summed E-state index contributed by atoms with van der Waals surface area (Å²) in [7, 11) is 0. The second-order valence-corrected chi connectivity index (χ2v) is 8.32. The highest BCUT2D eigenvalue weighted by atomic mass is 16.2. The van der Waals surface area contributed by atoms with Crippen molar-refractivity contribution in [2.75, 3.05) is 37.6 Å². The van der Waals surface area contributed by atoms with E-state index in [-0.39, 0.29) is 11.3 Å². The number of aromatic nitrogens is 1. The average Bonchev–Trinajstić information content (AvgIpc) is 3.06. The first-order valence-electron chi connectivity index (χ1n) is 9.40. The van der Waals surface area contributed by atoms with Crippen molar-refractivity contribution in [3.05, 3.63) is 23.9 Å². The Morgan fingerprint density at radius 2 is 1.92 bits per heavy atom. The minimum atomic E-state index is 0.200. The molecular weight excluding hydrogens is 326 g/mol. The third-order valence-corrected chi connectivity index (χ3v) is 4.80. The summed E-state index contributed by atoms with van der Waals surface area (Å²) in [6, 6.07) is 4.01. The van der Waals surface area contributed by atoms with Crippen molar-refractivity contribution in [1.29, 1.82) is 0 Å². The highest BCUT2D eigenvalue weighted by molar-refractivity contribution is 6.11. The van der Waals surface area contributed by atoms with Crippen molar-refractivity contribution < 1.29 is 4.79 Å². The molecule has 6 heteroatoms. The van der Waals surface area contributed by atoms with Gasteiger partial charge in [0.2, 0.25) is 5.91 Å². The summed E-state index contributed by atoms with van der Waals surface area (Å²) >= 11 is 0. The van der Waals surface area contributed by atoms with E-state index in [1.54, 1.807) is 0 Å². The molecule has 0 atom stereocenters. The molecule has 140 valence electrons. The molecule has 2 aliphatic heterocycles. The van der Waals surface area contributed by atoms with E-state index in [9.17, 15) is 4.79 Å². The number of pyridine rings is 1. The summed E-state index contributed by atoms with van der Waals surface area (Å²) in [6.07, 6.45) is 3.38. The highest BCUT2D eigenvalue weighted by Crippen LogP contribution is 2.22. The lowest BCUT2D eigenvalue weighted by Crippen LogP contribution is -2.49. The van der Waals surface area contributed by atoms with Crippen LogP contribution < -0.4 is 4.90 Å². The van der Waals surface area contributed by atoms with Gasteiger partial charge in [-0.25, -0.2) is 9.98 Å². The van der Waals surface area contributed by atoms with Crippen molar-refractivity contribution >= 4 is 23.3 Å². The third-order valence-electron chi connectivity index (χ3n) is 4.80. The first kappa shape index (κ1) is 18.5. The molecule has 0 saturated carbocycles. The molecule has 3 rings (SSSR count). The van der Waals surface area contributed by atoms with Gasteiger partial charge in [0.05, 0.1) is 6.54 Å². The number of piperazine rings is 1. The molecule has 6 nitrogen and oxygen atoms in total. The lowest BCUT2D eigenvalue weighted by molar-refractivity contribution is -0.132. The molecule has 2 aliphatic rings. The number of amides is 1. The van der Waals surface area contributed by atoms with Crippen LogP contribution in [0.5, 0.6) is 0 Å². The zero-order valence-electron chi connectivity index (χ0n) is 16.3. The normalized spacial score (nSPS) is 18.0. The van der Waals surface area contributed by atoms with Crippen LogP contribution in [0.4, 0.5) is 5.82 Å². The van der Waals surface area contributed by atoms with Crippen LogP contribution in [-0.4, -0.2) is 60.1 Å². The van der Waals surface area contributed by atoms with Crippen molar-refractivity contribution in [2.24, 2.45) is 15.4 Å². The van der Waals surface area contributed by atoms with E-state index in [1.807, 2.05) is 24.1 Å². The van der Waals surface area contributed by atoms with E-state index in [2.05, 4.69) is 46.7 Å². The monoisotopic (exact) mass is 355 g/mol. The Morgan fingerprint density at radius 3 is 2.54 bits per heavy atom. The molecule has 0 unspecified atom stereocenters. The Bertz CT molecular complexity index is 724. The zero-order chi connectivity index (χ0) is 18.7. The second kappa shape index (κ2) is 7.56. The molecule has 1 fully saturated rings. The molecule has 26 heavy (non-hydrogen) atoms. The van der Waals surface area contributed by atoms with Crippen LogP contribution >= 0.6 is 0 Å². The van der Waals surface area contributed by atoms with Gasteiger partial charge in [-0.2, -0.15) is 0 Å². The van der Waals surface area contributed by atoms with Crippen LogP contribution in [0.1, 0.15) is 46.1 Å². The predicted molar refractivity (Wildman–Crippen MR) is 106 cm³/mol. The summed E-state index contributed by atoms with van der Waals surface area (Å²) in [4.78, 5) is 30.1. The van der Waals surface area contributed by atoms with Crippen LogP contribution in [0.25, 0.3) is 0 Å². The van der Waals surface area contributed by atoms with Gasteiger partial charge in [-0.05, 0) is 30.9 Å². The fraction of sp³-hybridized carbons (Fsp3) is 0.600. The van der Waals surface area contributed by atoms with Crippen LogP contribution in [0.2, 0.25) is 0 Å². The Hall–Kier alpha value is -2.24. The van der Waals surface area contributed by atoms with Gasteiger partial charge in [0.15, 0.2) is 5.84 Å². The summed E-state index contributed by atoms with van der Waals surface area (Å²) in [5.74, 6) is 2.00. The second-order valence-electron chi connectivity index (χ2n) is 8.32. The molecule has 1 saturated heterocycles. The average molecular weight is 355 g/mol. The lowest BCUT2D eigenvalue weighted by Gasteiger charge is -2.36. The number of anilines is 1. The van der Waals surface area contributed by atoms with E-state index in [0.717, 1.165) is 55.5 Å². The first-order valence-corrected chi connectivity index (χ1v) is 9.40. The maximum atomic E-state index is 12.4. The molecule has 0 bridgehead atoms.